The van der Waals surface area contributed by atoms with Crippen LogP contribution >= 0.6 is 0 Å². The molecule has 0 saturated heterocycles. The van der Waals surface area contributed by atoms with Gasteiger partial charge in [-0.1, -0.05) is 36.4 Å². The molecule has 0 spiro atoms. The van der Waals surface area contributed by atoms with Crippen molar-refractivity contribution in [1.29, 1.82) is 0 Å². The SMILES string of the molecule is Cc1ccccc1Oc1ccccc1CNC(=O)CC(C)N. The van der Waals surface area contributed by atoms with Crippen molar-refractivity contribution < 1.29 is 9.53 Å². The number of benzene rings is 2. The smallest absolute Gasteiger partial charge is 0.221 e. The summed E-state index contributed by atoms with van der Waals surface area (Å²) in [7, 11) is 0. The highest BCUT2D eigenvalue weighted by Crippen LogP contribution is 2.27. The summed E-state index contributed by atoms with van der Waals surface area (Å²) in [5.74, 6) is 1.51. The number of rotatable bonds is 6. The zero-order valence-electron chi connectivity index (χ0n) is 13.0. The first-order chi connectivity index (χ1) is 10.6. The third-order valence-electron chi connectivity index (χ3n) is 3.27. The molecular formula is C18H22N2O2. The molecule has 22 heavy (non-hydrogen) atoms. The number of para-hydroxylation sites is 2. The van der Waals surface area contributed by atoms with Crippen molar-refractivity contribution in [3.8, 4) is 11.5 Å². The quantitative estimate of drug-likeness (QED) is 0.861. The molecule has 0 aromatic heterocycles. The van der Waals surface area contributed by atoms with Crippen LogP contribution in [0.15, 0.2) is 48.5 Å². The maximum atomic E-state index is 11.7. The van der Waals surface area contributed by atoms with Gasteiger partial charge in [-0.3, -0.25) is 4.79 Å². The summed E-state index contributed by atoms with van der Waals surface area (Å²) in [6.07, 6.45) is 0.320. The molecule has 0 radical (unpaired) electrons. The Bertz CT molecular complexity index is 638. The Hall–Kier alpha value is -2.33. The highest BCUT2D eigenvalue weighted by molar-refractivity contribution is 5.76. The van der Waals surface area contributed by atoms with Crippen LogP contribution in [0.4, 0.5) is 0 Å². The van der Waals surface area contributed by atoms with E-state index in [1.54, 1.807) is 0 Å². The summed E-state index contributed by atoms with van der Waals surface area (Å²) in [5.41, 5.74) is 7.63. The molecule has 0 aliphatic carbocycles. The Morgan fingerprint density at radius 2 is 1.77 bits per heavy atom. The predicted molar refractivity (Wildman–Crippen MR) is 87.8 cm³/mol. The van der Waals surface area contributed by atoms with Crippen LogP contribution < -0.4 is 15.8 Å². The van der Waals surface area contributed by atoms with E-state index in [2.05, 4.69) is 5.32 Å². The molecular weight excluding hydrogens is 276 g/mol. The number of ether oxygens (including phenoxy) is 1. The number of aryl methyl sites for hydroxylation is 1. The average Bonchev–Trinajstić information content (AvgIpc) is 2.48. The Kier molecular flexibility index (Phi) is 5.55. The molecule has 1 unspecified atom stereocenters. The standard InChI is InChI=1S/C18H22N2O2/c1-13-7-3-5-9-16(13)22-17-10-6-4-8-15(17)12-20-18(21)11-14(2)19/h3-10,14H,11-12,19H2,1-2H3,(H,20,21). The summed E-state index contributed by atoms with van der Waals surface area (Å²) in [6, 6.07) is 15.4. The molecule has 0 heterocycles. The van der Waals surface area contributed by atoms with E-state index < -0.39 is 0 Å². The zero-order valence-corrected chi connectivity index (χ0v) is 13.0. The number of carbonyl (C=O) groups excluding carboxylic acids is 1. The lowest BCUT2D eigenvalue weighted by molar-refractivity contribution is -0.121. The van der Waals surface area contributed by atoms with Gasteiger partial charge in [-0.25, -0.2) is 0 Å². The Morgan fingerprint density at radius 3 is 2.45 bits per heavy atom. The van der Waals surface area contributed by atoms with Gasteiger partial charge in [0.2, 0.25) is 5.91 Å². The topological polar surface area (TPSA) is 64.3 Å². The molecule has 2 aromatic carbocycles. The number of hydrogen-bond acceptors (Lipinski definition) is 3. The van der Waals surface area contributed by atoms with Crippen molar-refractivity contribution in [2.24, 2.45) is 5.73 Å². The van der Waals surface area contributed by atoms with Crippen LogP contribution in [0.3, 0.4) is 0 Å². The summed E-state index contributed by atoms with van der Waals surface area (Å²) in [5, 5.41) is 2.87. The van der Waals surface area contributed by atoms with Gasteiger partial charge in [-0.15, -0.1) is 0 Å². The number of carbonyl (C=O) groups is 1. The molecule has 2 rings (SSSR count). The Morgan fingerprint density at radius 1 is 1.14 bits per heavy atom. The number of amides is 1. The average molecular weight is 298 g/mol. The molecule has 4 heteroatoms. The molecule has 0 aliphatic heterocycles. The molecule has 1 amide bonds. The van der Waals surface area contributed by atoms with Gasteiger partial charge in [0.15, 0.2) is 0 Å². The van der Waals surface area contributed by atoms with Crippen LogP contribution in [0.5, 0.6) is 11.5 Å². The van der Waals surface area contributed by atoms with Crippen molar-refractivity contribution in [3.05, 3.63) is 59.7 Å². The Balaban J connectivity index is 2.07. The fraction of sp³-hybridized carbons (Fsp3) is 0.278. The molecule has 3 N–H and O–H groups in total. The number of hydrogen-bond donors (Lipinski definition) is 2. The predicted octanol–water partition coefficient (Wildman–Crippen LogP) is 3.14. The van der Waals surface area contributed by atoms with Gasteiger partial charge in [-0.05, 0) is 31.5 Å². The van der Waals surface area contributed by atoms with Gasteiger partial charge >= 0.3 is 0 Å². The van der Waals surface area contributed by atoms with Crippen LogP contribution in [-0.4, -0.2) is 11.9 Å². The van der Waals surface area contributed by atoms with Crippen molar-refractivity contribution in [1.82, 2.24) is 5.32 Å². The molecule has 1 atom stereocenters. The first kappa shape index (κ1) is 16.0. The summed E-state index contributed by atoms with van der Waals surface area (Å²) < 4.78 is 5.98. The van der Waals surface area contributed by atoms with E-state index in [4.69, 9.17) is 10.5 Å². The van der Waals surface area contributed by atoms with E-state index in [1.807, 2.05) is 62.4 Å². The van der Waals surface area contributed by atoms with Gasteiger partial charge in [0, 0.05) is 24.6 Å². The van der Waals surface area contributed by atoms with E-state index >= 15 is 0 Å². The fourth-order valence-corrected chi connectivity index (χ4v) is 2.10. The maximum absolute atomic E-state index is 11.7. The molecule has 0 aliphatic rings. The molecule has 2 aromatic rings. The van der Waals surface area contributed by atoms with Gasteiger partial charge in [0.25, 0.3) is 0 Å². The minimum absolute atomic E-state index is 0.0549. The number of nitrogens with one attached hydrogen (secondary N) is 1. The second-order valence-electron chi connectivity index (χ2n) is 5.43. The molecule has 116 valence electrons. The monoisotopic (exact) mass is 298 g/mol. The van der Waals surface area contributed by atoms with E-state index in [-0.39, 0.29) is 11.9 Å². The van der Waals surface area contributed by atoms with Crippen molar-refractivity contribution in [2.45, 2.75) is 32.9 Å². The van der Waals surface area contributed by atoms with E-state index in [0.717, 1.165) is 22.6 Å². The van der Waals surface area contributed by atoms with Gasteiger partial charge < -0.3 is 15.8 Å². The molecule has 0 bridgehead atoms. The van der Waals surface area contributed by atoms with E-state index in [9.17, 15) is 4.79 Å². The van der Waals surface area contributed by atoms with Crippen LogP contribution in [0, 0.1) is 6.92 Å². The first-order valence-corrected chi connectivity index (χ1v) is 7.40. The van der Waals surface area contributed by atoms with E-state index in [0.29, 0.717) is 13.0 Å². The minimum Gasteiger partial charge on any atom is -0.457 e. The largest absolute Gasteiger partial charge is 0.457 e. The van der Waals surface area contributed by atoms with Crippen LogP contribution in [0.1, 0.15) is 24.5 Å². The van der Waals surface area contributed by atoms with Crippen LogP contribution in [0.25, 0.3) is 0 Å². The van der Waals surface area contributed by atoms with Crippen molar-refractivity contribution >= 4 is 5.91 Å². The summed E-state index contributed by atoms with van der Waals surface area (Å²) in [6.45, 7) is 4.24. The summed E-state index contributed by atoms with van der Waals surface area (Å²) >= 11 is 0. The normalized spacial score (nSPS) is 11.8. The van der Waals surface area contributed by atoms with Gasteiger partial charge in [-0.2, -0.15) is 0 Å². The molecule has 0 saturated carbocycles. The fourth-order valence-electron chi connectivity index (χ4n) is 2.10. The lowest BCUT2D eigenvalue weighted by Crippen LogP contribution is -2.29. The van der Waals surface area contributed by atoms with Crippen LogP contribution in [0.2, 0.25) is 0 Å². The first-order valence-electron chi connectivity index (χ1n) is 7.40. The second-order valence-corrected chi connectivity index (χ2v) is 5.43. The lowest BCUT2D eigenvalue weighted by atomic mass is 10.1. The third kappa shape index (κ3) is 4.60. The third-order valence-corrected chi connectivity index (χ3v) is 3.27. The van der Waals surface area contributed by atoms with Gasteiger partial charge in [0.05, 0.1) is 0 Å². The zero-order chi connectivity index (χ0) is 15.9. The number of nitrogens with two attached hydrogens (primary N) is 1. The minimum atomic E-state index is -0.140. The Labute approximate surface area is 131 Å². The van der Waals surface area contributed by atoms with Crippen molar-refractivity contribution in [2.75, 3.05) is 0 Å². The molecule has 0 fully saturated rings. The highest BCUT2D eigenvalue weighted by atomic mass is 16.5. The van der Waals surface area contributed by atoms with E-state index in [1.165, 1.54) is 0 Å². The molecule has 4 nitrogen and oxygen atoms in total. The highest BCUT2D eigenvalue weighted by Gasteiger charge is 2.09. The van der Waals surface area contributed by atoms with Gasteiger partial charge in [0.1, 0.15) is 11.5 Å². The maximum Gasteiger partial charge on any atom is 0.221 e. The summed E-state index contributed by atoms with van der Waals surface area (Å²) in [4.78, 5) is 11.7. The van der Waals surface area contributed by atoms with Crippen LogP contribution in [-0.2, 0) is 11.3 Å². The lowest BCUT2D eigenvalue weighted by Gasteiger charge is -2.13. The van der Waals surface area contributed by atoms with Crippen molar-refractivity contribution in [3.63, 3.8) is 0 Å². The second kappa shape index (κ2) is 7.61.